The molecule has 9 heteroatoms. The van der Waals surface area contributed by atoms with Gasteiger partial charge in [-0.25, -0.2) is 4.79 Å². The van der Waals surface area contributed by atoms with Gasteiger partial charge in [0.15, 0.2) is 6.61 Å². The predicted octanol–water partition coefficient (Wildman–Crippen LogP) is 1.19. The minimum absolute atomic E-state index is 0.0521. The van der Waals surface area contributed by atoms with Gasteiger partial charge in [-0.2, -0.15) is 0 Å². The molecule has 2 rings (SSSR count). The number of esters is 1. The van der Waals surface area contributed by atoms with Crippen molar-refractivity contribution in [1.82, 2.24) is 10.2 Å². The molecular weight excluding hydrogens is 344 g/mol. The van der Waals surface area contributed by atoms with Crippen LogP contribution < -0.4 is 5.32 Å². The number of amides is 2. The van der Waals surface area contributed by atoms with Crippen LogP contribution in [-0.4, -0.2) is 52.5 Å². The summed E-state index contributed by atoms with van der Waals surface area (Å²) in [5.74, 6) is -0.624. The van der Waals surface area contributed by atoms with E-state index in [1.54, 1.807) is 6.07 Å². The van der Waals surface area contributed by atoms with Crippen LogP contribution in [0.25, 0.3) is 0 Å². The first-order valence-electron chi connectivity index (χ1n) is 6.45. The minimum Gasteiger partial charge on any atom is -0.451 e. The zero-order chi connectivity index (χ0) is 16.1. The molecule has 0 atom stereocenters. The van der Waals surface area contributed by atoms with E-state index in [2.05, 4.69) is 5.32 Å². The van der Waals surface area contributed by atoms with Crippen LogP contribution in [0.2, 0.25) is 0 Å². The summed E-state index contributed by atoms with van der Waals surface area (Å²) in [5, 5.41) is 2.59. The Hall–Kier alpha value is -1.45. The van der Waals surface area contributed by atoms with Gasteiger partial charge in [-0.15, -0.1) is 11.3 Å². The number of nitrogens with one attached hydrogen (secondary N) is 1. The Morgan fingerprint density at radius 3 is 2.82 bits per heavy atom. The Kier molecular flexibility index (Phi) is 5.92. The highest BCUT2D eigenvalue weighted by Gasteiger charge is 2.25. The van der Waals surface area contributed by atoms with Crippen molar-refractivity contribution >= 4 is 57.4 Å². The van der Waals surface area contributed by atoms with Crippen LogP contribution in [0.1, 0.15) is 14.5 Å². The molecule has 0 saturated carbocycles. The van der Waals surface area contributed by atoms with Crippen molar-refractivity contribution in [3.63, 3.8) is 0 Å². The first-order chi connectivity index (χ1) is 10.5. The number of rotatable bonds is 6. The lowest BCUT2D eigenvalue weighted by Gasteiger charge is -2.14. The second-order valence-electron chi connectivity index (χ2n) is 4.44. The summed E-state index contributed by atoms with van der Waals surface area (Å²) in [6.45, 7) is 2.13. The fraction of sp³-hybridized carbons (Fsp3) is 0.385. The van der Waals surface area contributed by atoms with Crippen LogP contribution in [0.5, 0.6) is 0 Å². The number of ether oxygens (including phenoxy) is 1. The van der Waals surface area contributed by atoms with E-state index in [-0.39, 0.29) is 19.1 Å². The van der Waals surface area contributed by atoms with E-state index in [0.29, 0.717) is 21.5 Å². The van der Waals surface area contributed by atoms with Gasteiger partial charge in [-0.1, -0.05) is 24.0 Å². The summed E-state index contributed by atoms with van der Waals surface area (Å²) in [7, 11) is 0. The molecule has 1 saturated heterocycles. The maximum absolute atomic E-state index is 11.7. The number of carbonyl (C=O) groups is 3. The number of thiophene rings is 1. The monoisotopic (exact) mass is 358 g/mol. The molecule has 0 spiro atoms. The Balaban J connectivity index is 1.67. The maximum atomic E-state index is 11.7. The number of hydrogen-bond acceptors (Lipinski definition) is 7. The van der Waals surface area contributed by atoms with E-state index in [0.717, 1.165) is 4.88 Å². The van der Waals surface area contributed by atoms with Gasteiger partial charge >= 0.3 is 5.97 Å². The lowest BCUT2D eigenvalue weighted by molar-refractivity contribution is -0.126. The first kappa shape index (κ1) is 16.9. The number of nitrogens with zero attached hydrogens (tertiary/aromatic N) is 1. The minimum atomic E-state index is -0.513. The Morgan fingerprint density at radius 2 is 2.23 bits per heavy atom. The lowest BCUT2D eigenvalue weighted by Crippen LogP contribution is -2.38. The van der Waals surface area contributed by atoms with E-state index in [1.807, 2.05) is 13.0 Å². The van der Waals surface area contributed by atoms with Crippen LogP contribution in [-0.2, 0) is 14.3 Å². The van der Waals surface area contributed by atoms with Crippen LogP contribution in [0.4, 0.5) is 0 Å². The van der Waals surface area contributed by atoms with Gasteiger partial charge in [0.1, 0.15) is 9.20 Å². The number of hydrogen-bond donors (Lipinski definition) is 1. The van der Waals surface area contributed by atoms with Gasteiger partial charge in [0, 0.05) is 18.0 Å². The van der Waals surface area contributed by atoms with Crippen molar-refractivity contribution in [2.75, 3.05) is 25.4 Å². The fourth-order valence-corrected chi connectivity index (χ4v) is 3.58. The zero-order valence-corrected chi connectivity index (χ0v) is 14.2. The van der Waals surface area contributed by atoms with Gasteiger partial charge < -0.3 is 10.1 Å². The molecule has 0 aromatic carbocycles. The third-order valence-corrected chi connectivity index (χ3v) is 5.19. The molecule has 0 radical (unpaired) electrons. The third-order valence-electron chi connectivity index (χ3n) is 2.77. The third kappa shape index (κ3) is 4.52. The summed E-state index contributed by atoms with van der Waals surface area (Å²) in [6.07, 6.45) is 0. The topological polar surface area (TPSA) is 75.7 Å². The summed E-state index contributed by atoms with van der Waals surface area (Å²) >= 11 is 7.65. The molecule has 6 nitrogen and oxygen atoms in total. The van der Waals surface area contributed by atoms with Crippen molar-refractivity contribution in [3.8, 4) is 0 Å². The Bertz CT molecular complexity index is 598. The average Bonchev–Trinajstić information content (AvgIpc) is 3.05. The van der Waals surface area contributed by atoms with Crippen molar-refractivity contribution in [1.29, 1.82) is 0 Å². The number of thiocarbonyl (C=S) groups is 1. The zero-order valence-electron chi connectivity index (χ0n) is 11.8. The van der Waals surface area contributed by atoms with Crippen LogP contribution in [0.15, 0.2) is 12.1 Å². The molecule has 22 heavy (non-hydrogen) atoms. The van der Waals surface area contributed by atoms with Gasteiger partial charge in [-0.05, 0) is 19.1 Å². The lowest BCUT2D eigenvalue weighted by atomic mass is 10.4. The van der Waals surface area contributed by atoms with E-state index < -0.39 is 11.9 Å². The number of thioether (sulfide) groups is 1. The van der Waals surface area contributed by atoms with Crippen LogP contribution in [0.3, 0.4) is 0 Å². The summed E-state index contributed by atoms with van der Waals surface area (Å²) < 4.78 is 5.44. The van der Waals surface area contributed by atoms with Crippen molar-refractivity contribution in [2.24, 2.45) is 0 Å². The first-order valence-corrected chi connectivity index (χ1v) is 8.66. The standard InChI is InChI=1S/C13H14N2O4S3/c1-8-2-3-9(22-8)12(18)19-6-10(16)14-4-5-15-11(17)7-21-13(15)20/h2-3H,4-7H2,1H3,(H,14,16). The molecule has 1 aliphatic heterocycles. The van der Waals surface area contributed by atoms with Crippen LogP contribution in [0, 0.1) is 6.92 Å². The molecule has 0 bridgehead atoms. The second kappa shape index (κ2) is 7.70. The predicted molar refractivity (Wildman–Crippen MR) is 89.1 cm³/mol. The van der Waals surface area contributed by atoms with E-state index in [4.69, 9.17) is 17.0 Å². The van der Waals surface area contributed by atoms with Crippen molar-refractivity contribution < 1.29 is 19.1 Å². The normalized spacial score (nSPS) is 14.3. The smallest absolute Gasteiger partial charge is 0.348 e. The molecule has 2 heterocycles. The summed E-state index contributed by atoms with van der Waals surface area (Å²) in [6, 6.07) is 3.48. The number of aryl methyl sites for hydroxylation is 1. The average molecular weight is 358 g/mol. The molecule has 1 N–H and O–H groups in total. The maximum Gasteiger partial charge on any atom is 0.348 e. The highest BCUT2D eigenvalue weighted by molar-refractivity contribution is 8.23. The van der Waals surface area contributed by atoms with E-state index in [1.165, 1.54) is 28.0 Å². The molecular formula is C13H14N2O4S3. The van der Waals surface area contributed by atoms with Crippen molar-refractivity contribution in [2.45, 2.75) is 6.92 Å². The van der Waals surface area contributed by atoms with Gasteiger partial charge in [0.25, 0.3) is 5.91 Å². The largest absolute Gasteiger partial charge is 0.451 e. The SMILES string of the molecule is Cc1ccc(C(=O)OCC(=O)NCCN2C(=O)CSC2=S)s1. The van der Waals surface area contributed by atoms with Gasteiger partial charge in [0.05, 0.1) is 5.75 Å². The Labute approximate surface area is 141 Å². The number of carbonyl (C=O) groups excluding carboxylic acids is 3. The van der Waals surface area contributed by atoms with Gasteiger partial charge in [0.2, 0.25) is 5.91 Å². The molecule has 1 aromatic heterocycles. The molecule has 0 unspecified atom stereocenters. The van der Waals surface area contributed by atoms with Crippen molar-refractivity contribution in [3.05, 3.63) is 21.9 Å². The summed E-state index contributed by atoms with van der Waals surface area (Å²) in [4.78, 5) is 37.7. The molecule has 0 aliphatic carbocycles. The fourth-order valence-electron chi connectivity index (χ4n) is 1.70. The molecule has 2 amide bonds. The summed E-state index contributed by atoms with van der Waals surface area (Å²) in [5.41, 5.74) is 0. The molecule has 1 fully saturated rings. The molecule has 1 aliphatic rings. The van der Waals surface area contributed by atoms with E-state index >= 15 is 0 Å². The highest BCUT2D eigenvalue weighted by atomic mass is 32.2. The molecule has 118 valence electrons. The quantitative estimate of drug-likeness (QED) is 0.608. The van der Waals surface area contributed by atoms with Crippen LogP contribution >= 0.6 is 35.3 Å². The second-order valence-corrected chi connectivity index (χ2v) is 7.33. The molecule has 1 aromatic rings. The van der Waals surface area contributed by atoms with Gasteiger partial charge in [-0.3, -0.25) is 14.5 Å². The highest BCUT2D eigenvalue weighted by Crippen LogP contribution is 2.18. The Morgan fingerprint density at radius 1 is 1.45 bits per heavy atom. The van der Waals surface area contributed by atoms with E-state index in [9.17, 15) is 14.4 Å².